The number of fused-ring (bicyclic) bond motifs is 2. The van der Waals surface area contributed by atoms with E-state index in [0.29, 0.717) is 5.92 Å². The highest BCUT2D eigenvalue weighted by atomic mass is 79.9. The minimum atomic E-state index is 0.503. The maximum absolute atomic E-state index is 3.52. The van der Waals surface area contributed by atoms with E-state index in [1.54, 1.807) is 0 Å². The van der Waals surface area contributed by atoms with E-state index >= 15 is 0 Å². The fourth-order valence-corrected chi connectivity index (χ4v) is 3.57. The Hall–Kier alpha value is -1.86. The largest absolute Gasteiger partial charge is 0.0767 e. The molecular weight excluding hydrogens is 320 g/mol. The van der Waals surface area contributed by atoms with Crippen molar-refractivity contribution in [3.63, 3.8) is 0 Å². The fraction of sp³-hybridized carbons (Fsp3) is 0.100. The monoisotopic (exact) mass is 334 g/mol. The van der Waals surface area contributed by atoms with Crippen LogP contribution in [0.3, 0.4) is 0 Å². The fourth-order valence-electron chi connectivity index (χ4n) is 3.30. The molecule has 0 spiro atoms. The quantitative estimate of drug-likeness (QED) is 0.740. The van der Waals surface area contributed by atoms with Crippen LogP contribution in [0, 0.1) is 5.92 Å². The van der Waals surface area contributed by atoms with Gasteiger partial charge in [-0.1, -0.05) is 76.6 Å². The van der Waals surface area contributed by atoms with E-state index in [0.717, 1.165) is 10.9 Å². The van der Waals surface area contributed by atoms with Gasteiger partial charge in [0.25, 0.3) is 0 Å². The van der Waals surface area contributed by atoms with Crippen molar-refractivity contribution < 1.29 is 0 Å². The van der Waals surface area contributed by atoms with Gasteiger partial charge in [0.15, 0.2) is 0 Å². The summed E-state index contributed by atoms with van der Waals surface area (Å²) in [7, 11) is 0. The lowest BCUT2D eigenvalue weighted by Crippen LogP contribution is -2.35. The summed E-state index contributed by atoms with van der Waals surface area (Å²) in [6.45, 7) is 0. The average molecular weight is 335 g/mol. The topological polar surface area (TPSA) is 0 Å². The van der Waals surface area contributed by atoms with Gasteiger partial charge in [0.1, 0.15) is 0 Å². The van der Waals surface area contributed by atoms with Crippen molar-refractivity contribution in [1.29, 1.82) is 0 Å². The van der Waals surface area contributed by atoms with Crippen LogP contribution in [0.1, 0.15) is 12.0 Å². The summed E-state index contributed by atoms with van der Waals surface area (Å²) >= 11 is 3.52. The SMILES string of the molecule is Brc1ccc(C2=c3ccccc3=C3C=CC=CC3C2)cc1. The summed E-state index contributed by atoms with van der Waals surface area (Å²) in [6.07, 6.45) is 9.98. The van der Waals surface area contributed by atoms with Crippen LogP contribution in [-0.2, 0) is 0 Å². The number of allylic oxidation sites excluding steroid dienone is 4. The van der Waals surface area contributed by atoms with Crippen molar-refractivity contribution in [3.8, 4) is 0 Å². The molecule has 0 fully saturated rings. The first-order chi connectivity index (χ1) is 10.3. The lowest BCUT2D eigenvalue weighted by atomic mass is 9.80. The van der Waals surface area contributed by atoms with E-state index in [4.69, 9.17) is 0 Å². The van der Waals surface area contributed by atoms with Crippen LogP contribution in [0.25, 0.3) is 11.1 Å². The number of hydrogen-bond donors (Lipinski definition) is 0. The molecule has 0 heterocycles. The van der Waals surface area contributed by atoms with Crippen molar-refractivity contribution in [2.45, 2.75) is 6.42 Å². The second kappa shape index (κ2) is 5.16. The smallest absolute Gasteiger partial charge is 0.0175 e. The first kappa shape index (κ1) is 12.8. The molecule has 2 aliphatic carbocycles. The maximum Gasteiger partial charge on any atom is 0.0175 e. The van der Waals surface area contributed by atoms with Gasteiger partial charge in [0, 0.05) is 10.4 Å². The third-order valence-electron chi connectivity index (χ3n) is 4.31. The Bertz CT molecular complexity index is 867. The molecule has 2 aromatic rings. The van der Waals surface area contributed by atoms with Crippen molar-refractivity contribution in [2.75, 3.05) is 0 Å². The van der Waals surface area contributed by atoms with E-state index in [1.807, 2.05) is 0 Å². The molecule has 4 rings (SSSR count). The van der Waals surface area contributed by atoms with Crippen LogP contribution in [-0.4, -0.2) is 0 Å². The summed E-state index contributed by atoms with van der Waals surface area (Å²) in [6, 6.07) is 17.5. The normalized spacial score (nSPS) is 19.4. The first-order valence-electron chi connectivity index (χ1n) is 7.26. The Morgan fingerprint density at radius 2 is 1.62 bits per heavy atom. The zero-order chi connectivity index (χ0) is 14.2. The predicted molar refractivity (Wildman–Crippen MR) is 92.1 cm³/mol. The zero-order valence-corrected chi connectivity index (χ0v) is 13.2. The third-order valence-corrected chi connectivity index (χ3v) is 4.84. The van der Waals surface area contributed by atoms with Crippen LogP contribution in [0.4, 0.5) is 0 Å². The van der Waals surface area contributed by atoms with Gasteiger partial charge in [-0.15, -0.1) is 0 Å². The minimum absolute atomic E-state index is 0.503. The van der Waals surface area contributed by atoms with Crippen molar-refractivity contribution >= 4 is 27.1 Å². The summed E-state index contributed by atoms with van der Waals surface area (Å²) in [5.74, 6) is 0.503. The van der Waals surface area contributed by atoms with Crippen LogP contribution < -0.4 is 10.4 Å². The summed E-state index contributed by atoms with van der Waals surface area (Å²) in [5, 5.41) is 2.76. The molecule has 1 atom stereocenters. The van der Waals surface area contributed by atoms with Crippen molar-refractivity contribution in [1.82, 2.24) is 0 Å². The van der Waals surface area contributed by atoms with E-state index in [2.05, 4.69) is 88.8 Å². The van der Waals surface area contributed by atoms with Gasteiger partial charge in [-0.25, -0.2) is 0 Å². The molecular formula is C20H15Br. The van der Waals surface area contributed by atoms with E-state index in [1.165, 1.54) is 27.1 Å². The first-order valence-corrected chi connectivity index (χ1v) is 8.05. The molecule has 0 radical (unpaired) electrons. The van der Waals surface area contributed by atoms with Crippen LogP contribution in [0.15, 0.2) is 77.3 Å². The lowest BCUT2D eigenvalue weighted by molar-refractivity contribution is 0.845. The average Bonchev–Trinajstić information content (AvgIpc) is 2.55. The van der Waals surface area contributed by atoms with Crippen LogP contribution in [0.2, 0.25) is 0 Å². The minimum Gasteiger partial charge on any atom is -0.0767 e. The van der Waals surface area contributed by atoms with Gasteiger partial charge in [-0.2, -0.15) is 0 Å². The van der Waals surface area contributed by atoms with E-state index < -0.39 is 0 Å². The molecule has 102 valence electrons. The molecule has 0 amide bonds. The van der Waals surface area contributed by atoms with Crippen LogP contribution in [0.5, 0.6) is 0 Å². The maximum atomic E-state index is 3.52. The number of benzene rings is 2. The molecule has 1 heteroatoms. The van der Waals surface area contributed by atoms with Gasteiger partial charge in [-0.05, 0) is 45.7 Å². The highest BCUT2D eigenvalue weighted by molar-refractivity contribution is 9.10. The molecule has 0 aromatic heterocycles. The van der Waals surface area contributed by atoms with E-state index in [-0.39, 0.29) is 0 Å². The van der Waals surface area contributed by atoms with Gasteiger partial charge in [0.05, 0.1) is 0 Å². The summed E-state index contributed by atoms with van der Waals surface area (Å²) < 4.78 is 1.13. The van der Waals surface area contributed by atoms with Crippen molar-refractivity contribution in [2.24, 2.45) is 5.92 Å². The van der Waals surface area contributed by atoms with E-state index in [9.17, 15) is 0 Å². The Morgan fingerprint density at radius 3 is 2.43 bits per heavy atom. The Kier molecular flexibility index (Phi) is 3.16. The summed E-state index contributed by atoms with van der Waals surface area (Å²) in [4.78, 5) is 0. The van der Waals surface area contributed by atoms with Gasteiger partial charge in [-0.3, -0.25) is 0 Å². The molecule has 0 saturated carbocycles. The molecule has 2 aliphatic rings. The Morgan fingerprint density at radius 1 is 0.857 bits per heavy atom. The summed E-state index contributed by atoms with van der Waals surface area (Å²) in [5.41, 5.74) is 4.23. The highest BCUT2D eigenvalue weighted by Crippen LogP contribution is 2.31. The Labute approximate surface area is 133 Å². The molecule has 0 N–H and O–H groups in total. The predicted octanol–water partition coefficient (Wildman–Crippen LogP) is 3.94. The number of hydrogen-bond acceptors (Lipinski definition) is 0. The number of rotatable bonds is 1. The standard InChI is InChI=1S/C20H15Br/c21-16-11-9-14(10-12-16)20-13-15-5-1-2-6-17(15)18-7-3-4-8-19(18)20/h1-12,15H,13H2. The lowest BCUT2D eigenvalue weighted by Gasteiger charge is -2.24. The number of halogens is 1. The molecule has 0 nitrogen and oxygen atoms in total. The molecule has 21 heavy (non-hydrogen) atoms. The molecule has 0 saturated heterocycles. The van der Waals surface area contributed by atoms with Gasteiger partial charge < -0.3 is 0 Å². The second-order valence-corrected chi connectivity index (χ2v) is 6.46. The molecule has 2 aromatic carbocycles. The highest BCUT2D eigenvalue weighted by Gasteiger charge is 2.20. The van der Waals surface area contributed by atoms with Crippen molar-refractivity contribution in [3.05, 3.63) is 93.3 Å². The van der Waals surface area contributed by atoms with Gasteiger partial charge in [0.2, 0.25) is 0 Å². The second-order valence-electron chi connectivity index (χ2n) is 5.54. The molecule has 0 bridgehead atoms. The Balaban J connectivity index is 2.05. The zero-order valence-electron chi connectivity index (χ0n) is 11.6. The third kappa shape index (κ3) is 2.22. The van der Waals surface area contributed by atoms with Gasteiger partial charge >= 0.3 is 0 Å². The molecule has 0 aliphatic heterocycles. The molecule has 1 unspecified atom stereocenters. The van der Waals surface area contributed by atoms with Crippen LogP contribution >= 0.6 is 15.9 Å².